The van der Waals surface area contributed by atoms with E-state index in [0.29, 0.717) is 25.7 Å². The fourth-order valence-electron chi connectivity index (χ4n) is 7.14. The van der Waals surface area contributed by atoms with Gasteiger partial charge in [0.1, 0.15) is 17.7 Å². The Labute approximate surface area is 155 Å². The lowest BCUT2D eigenvalue weighted by Crippen LogP contribution is -2.63. The average Bonchev–Trinajstić information content (AvgIpc) is 2.75. The van der Waals surface area contributed by atoms with Crippen LogP contribution in [-0.2, 0) is 14.4 Å². The number of allylic oxidation sites excluding steroid dienone is 2. The van der Waals surface area contributed by atoms with E-state index in [1.54, 1.807) is 0 Å². The van der Waals surface area contributed by atoms with Crippen LogP contribution in [0.1, 0.15) is 66.7 Å². The van der Waals surface area contributed by atoms with E-state index < -0.39 is 16.9 Å². The molecule has 0 aromatic carbocycles. The molecule has 0 heterocycles. The maximum Gasteiger partial charge on any atom is 0.170 e. The van der Waals surface area contributed by atoms with Crippen LogP contribution in [0.2, 0.25) is 0 Å². The third kappa shape index (κ3) is 1.87. The molecule has 26 heavy (non-hydrogen) atoms. The van der Waals surface area contributed by atoms with Crippen LogP contribution >= 0.6 is 0 Å². The molecule has 0 saturated heterocycles. The molecule has 4 nitrogen and oxygen atoms in total. The molecule has 4 heteroatoms. The smallest absolute Gasteiger partial charge is 0.170 e. The monoisotopic (exact) mass is 358 g/mol. The highest BCUT2D eigenvalue weighted by Gasteiger charge is 2.69. The summed E-state index contributed by atoms with van der Waals surface area (Å²) in [5, 5.41) is 10.4. The van der Waals surface area contributed by atoms with Gasteiger partial charge in [0.15, 0.2) is 5.78 Å². The average molecular weight is 358 g/mol. The number of hydrogen-bond acceptors (Lipinski definition) is 4. The first-order valence-electron chi connectivity index (χ1n) is 9.86. The van der Waals surface area contributed by atoms with E-state index in [2.05, 4.69) is 19.9 Å². The van der Waals surface area contributed by atoms with Crippen LogP contribution in [0, 0.1) is 33.5 Å². The van der Waals surface area contributed by atoms with Crippen LogP contribution in [-0.4, -0.2) is 28.6 Å². The Morgan fingerprint density at radius 2 is 1.65 bits per heavy atom. The Morgan fingerprint density at radius 3 is 2.31 bits per heavy atom. The van der Waals surface area contributed by atoms with Gasteiger partial charge in [0, 0.05) is 30.1 Å². The summed E-state index contributed by atoms with van der Waals surface area (Å²) in [6.45, 7) is 10.1. The number of fused-ring (bicyclic) bond motifs is 5. The van der Waals surface area contributed by atoms with E-state index >= 15 is 0 Å². The summed E-state index contributed by atoms with van der Waals surface area (Å²) in [6, 6.07) is 0. The molecule has 1 N–H and O–H groups in total. The molecule has 4 aliphatic rings. The van der Waals surface area contributed by atoms with Gasteiger partial charge in [-0.1, -0.05) is 32.4 Å². The highest BCUT2D eigenvalue weighted by molar-refractivity contribution is 5.95. The predicted molar refractivity (Wildman–Crippen MR) is 97.3 cm³/mol. The van der Waals surface area contributed by atoms with Crippen molar-refractivity contribution in [3.05, 3.63) is 11.6 Å². The largest absolute Gasteiger partial charge is 0.385 e. The van der Waals surface area contributed by atoms with Crippen molar-refractivity contribution in [1.29, 1.82) is 0 Å². The van der Waals surface area contributed by atoms with Gasteiger partial charge in [-0.3, -0.25) is 14.4 Å². The summed E-state index contributed by atoms with van der Waals surface area (Å²) in [5.41, 5.74) is -0.789. The van der Waals surface area contributed by atoms with Crippen LogP contribution in [0.15, 0.2) is 11.6 Å². The van der Waals surface area contributed by atoms with E-state index in [1.807, 2.05) is 20.8 Å². The quantitative estimate of drug-likeness (QED) is 0.675. The van der Waals surface area contributed by atoms with E-state index in [1.165, 1.54) is 0 Å². The molecule has 0 amide bonds. The van der Waals surface area contributed by atoms with Gasteiger partial charge in [-0.15, -0.1) is 0 Å². The van der Waals surface area contributed by atoms with E-state index in [9.17, 15) is 19.5 Å². The van der Waals surface area contributed by atoms with Crippen LogP contribution in [0.5, 0.6) is 0 Å². The maximum atomic E-state index is 13.5. The molecule has 6 atom stereocenters. The molecule has 0 unspecified atom stereocenters. The van der Waals surface area contributed by atoms with E-state index in [0.717, 1.165) is 12.0 Å². The fraction of sp³-hybridized carbons (Fsp3) is 0.773. The van der Waals surface area contributed by atoms with Crippen molar-refractivity contribution >= 4 is 17.3 Å². The lowest BCUT2D eigenvalue weighted by atomic mass is 9.39. The molecule has 0 aromatic heterocycles. The van der Waals surface area contributed by atoms with Crippen LogP contribution < -0.4 is 0 Å². The highest BCUT2D eigenvalue weighted by atomic mass is 16.3. The number of carbonyl (C=O) groups excluding carboxylic acids is 3. The van der Waals surface area contributed by atoms with Crippen molar-refractivity contribution in [2.24, 2.45) is 33.5 Å². The molecule has 0 radical (unpaired) electrons. The second kappa shape index (κ2) is 4.95. The van der Waals surface area contributed by atoms with Crippen molar-refractivity contribution in [1.82, 2.24) is 0 Å². The number of Topliss-reactive ketones (excluding diaryl/α,β-unsaturated/α-hetero) is 3. The van der Waals surface area contributed by atoms with Crippen LogP contribution in [0.4, 0.5) is 0 Å². The van der Waals surface area contributed by atoms with Gasteiger partial charge in [0.2, 0.25) is 0 Å². The fourth-order valence-corrected chi connectivity index (χ4v) is 7.14. The number of hydrogen-bond donors (Lipinski definition) is 1. The zero-order chi connectivity index (χ0) is 19.3. The van der Waals surface area contributed by atoms with Crippen LogP contribution in [0.25, 0.3) is 0 Å². The van der Waals surface area contributed by atoms with Gasteiger partial charge in [0.05, 0.1) is 0 Å². The maximum absolute atomic E-state index is 13.5. The minimum Gasteiger partial charge on any atom is -0.385 e. The van der Waals surface area contributed by atoms with Gasteiger partial charge in [0.25, 0.3) is 0 Å². The topological polar surface area (TPSA) is 71.4 Å². The minimum atomic E-state index is -1.01. The Kier molecular flexibility index (Phi) is 3.44. The molecule has 0 bridgehead atoms. The van der Waals surface area contributed by atoms with Crippen molar-refractivity contribution in [2.75, 3.05) is 0 Å². The minimum absolute atomic E-state index is 0.0812. The Hall–Kier alpha value is -1.29. The van der Waals surface area contributed by atoms with Crippen molar-refractivity contribution in [3.8, 4) is 0 Å². The standard InChI is InChI=1S/C22H30O4/c1-19(2)13-6-7-16-21(4)10-12(23)9-20(21,3)11-17(25)22(16,5)14(13)8-15(24)18(19)26/h6,14-16,24H,7-11H2,1-5H3/t14-,15-,16-,20-,21-,22-/m0/s1. The number of rotatable bonds is 0. The summed E-state index contributed by atoms with van der Waals surface area (Å²) in [4.78, 5) is 38.4. The molecule has 0 aromatic rings. The Morgan fingerprint density at radius 1 is 1.00 bits per heavy atom. The second-order valence-electron chi connectivity index (χ2n) is 10.5. The molecule has 4 rings (SSSR count). The summed E-state index contributed by atoms with van der Waals surface area (Å²) in [5.74, 6) is 0.301. The summed E-state index contributed by atoms with van der Waals surface area (Å²) < 4.78 is 0. The zero-order valence-corrected chi connectivity index (χ0v) is 16.5. The highest BCUT2D eigenvalue weighted by Crippen LogP contribution is 2.70. The van der Waals surface area contributed by atoms with Crippen molar-refractivity contribution in [3.63, 3.8) is 0 Å². The molecular weight excluding hydrogens is 328 g/mol. The molecule has 4 aliphatic carbocycles. The third-order valence-corrected chi connectivity index (χ3v) is 8.95. The lowest BCUT2D eigenvalue weighted by molar-refractivity contribution is -0.168. The third-order valence-electron chi connectivity index (χ3n) is 8.95. The van der Waals surface area contributed by atoms with Gasteiger partial charge in [-0.05, 0) is 49.4 Å². The molecule has 0 spiro atoms. The zero-order valence-electron chi connectivity index (χ0n) is 16.5. The second-order valence-corrected chi connectivity index (χ2v) is 10.5. The Bertz CT molecular complexity index is 762. The number of carbonyl (C=O) groups is 3. The number of ketones is 3. The van der Waals surface area contributed by atoms with Crippen molar-refractivity contribution < 1.29 is 19.5 Å². The predicted octanol–water partition coefficient (Wildman–Crippen LogP) is 3.26. The summed E-state index contributed by atoms with van der Waals surface area (Å²) >= 11 is 0. The first kappa shape index (κ1) is 18.1. The summed E-state index contributed by atoms with van der Waals surface area (Å²) in [6.07, 6.45) is 3.67. The molecular formula is C22H30O4. The number of aliphatic hydroxyl groups excluding tert-OH is 1. The first-order valence-corrected chi connectivity index (χ1v) is 9.86. The van der Waals surface area contributed by atoms with Crippen molar-refractivity contribution in [2.45, 2.75) is 72.8 Å². The molecule has 0 aliphatic heterocycles. The van der Waals surface area contributed by atoms with E-state index in [4.69, 9.17) is 0 Å². The normalized spacial score (nSPS) is 50.0. The first-order chi connectivity index (χ1) is 11.9. The van der Waals surface area contributed by atoms with E-state index in [-0.39, 0.29) is 40.0 Å². The Balaban J connectivity index is 1.88. The van der Waals surface area contributed by atoms with Gasteiger partial charge in [-0.25, -0.2) is 0 Å². The van der Waals surface area contributed by atoms with Gasteiger partial charge >= 0.3 is 0 Å². The van der Waals surface area contributed by atoms with Gasteiger partial charge in [-0.2, -0.15) is 0 Å². The van der Waals surface area contributed by atoms with Gasteiger partial charge < -0.3 is 5.11 Å². The summed E-state index contributed by atoms with van der Waals surface area (Å²) in [7, 11) is 0. The molecule has 3 fully saturated rings. The number of aliphatic hydroxyl groups is 1. The molecule has 3 saturated carbocycles. The van der Waals surface area contributed by atoms with Crippen LogP contribution in [0.3, 0.4) is 0 Å². The molecule has 142 valence electrons. The SMILES string of the molecule is CC1(C)C(=O)[C@@H](O)C[C@H]2C1=CC[C@@H]1[C@@]2(C)C(=O)C[C@]2(C)CC(=O)C[C@@]12C. The lowest BCUT2D eigenvalue weighted by Gasteiger charge is -2.63.